The second-order valence-corrected chi connectivity index (χ2v) is 10.1. The lowest BCUT2D eigenvalue weighted by molar-refractivity contribution is -0.168. The minimum atomic E-state index is -3.53. The molecule has 2 bridgehead atoms. The van der Waals surface area contributed by atoms with E-state index in [1.165, 1.54) is 4.90 Å². The highest BCUT2D eigenvalue weighted by Gasteiger charge is 2.48. The predicted molar refractivity (Wildman–Crippen MR) is 105 cm³/mol. The topological polar surface area (TPSA) is 84.9 Å². The maximum Gasteiger partial charge on any atom is 0.274 e. The fraction of sp³-hybridized carbons (Fsp3) is 0.650. The molecule has 2 fully saturated rings. The van der Waals surface area contributed by atoms with Crippen molar-refractivity contribution in [2.24, 2.45) is 0 Å². The number of carbonyl (C=O) groups is 1. The summed E-state index contributed by atoms with van der Waals surface area (Å²) in [5.74, 6) is -3.30. The first kappa shape index (κ1) is 21.5. The first-order valence-corrected chi connectivity index (χ1v) is 12.0. The molecule has 3 heterocycles. The number of amides is 1. The van der Waals surface area contributed by atoms with Gasteiger partial charge in [0.15, 0.2) is 6.61 Å². The molecule has 1 saturated heterocycles. The zero-order valence-electron chi connectivity index (χ0n) is 16.7. The smallest absolute Gasteiger partial charge is 0.274 e. The van der Waals surface area contributed by atoms with Crippen LogP contribution in [0.1, 0.15) is 37.2 Å². The van der Waals surface area contributed by atoms with E-state index in [9.17, 15) is 22.0 Å². The van der Waals surface area contributed by atoms with Crippen molar-refractivity contribution in [2.45, 2.75) is 55.7 Å². The molecule has 10 heteroatoms. The highest BCUT2D eigenvalue weighted by molar-refractivity contribution is 7.88. The summed E-state index contributed by atoms with van der Waals surface area (Å²) in [6.45, 7) is -0.100. The second kappa shape index (κ2) is 8.05. The molecule has 4 aliphatic rings. The highest BCUT2D eigenvalue weighted by atomic mass is 32.2. The van der Waals surface area contributed by atoms with E-state index in [2.05, 4.69) is 4.72 Å². The minimum Gasteiger partial charge on any atom is -0.483 e. The fourth-order valence-electron chi connectivity index (χ4n) is 4.76. The summed E-state index contributed by atoms with van der Waals surface area (Å²) in [7, 11) is -3.53. The van der Waals surface area contributed by atoms with E-state index in [-0.39, 0.29) is 37.9 Å². The van der Waals surface area contributed by atoms with Gasteiger partial charge in [-0.15, -0.1) is 0 Å². The number of halogens is 2. The lowest BCUT2D eigenvalue weighted by atomic mass is 9.80. The van der Waals surface area contributed by atoms with Crippen LogP contribution in [0.4, 0.5) is 8.78 Å². The van der Waals surface area contributed by atoms with E-state index in [1.54, 1.807) is 24.3 Å². The number of rotatable bonds is 2. The molecular weight excluding hydrogens is 418 g/mol. The van der Waals surface area contributed by atoms with Crippen LogP contribution in [0.25, 0.3) is 0 Å². The van der Waals surface area contributed by atoms with Gasteiger partial charge in [-0.2, -0.15) is 0 Å². The lowest BCUT2D eigenvalue weighted by Gasteiger charge is -2.37. The predicted octanol–water partition coefficient (Wildman–Crippen LogP) is 1.89. The van der Waals surface area contributed by atoms with Crippen LogP contribution in [-0.2, 0) is 19.6 Å². The molecule has 1 amide bonds. The zero-order chi connectivity index (χ0) is 21.5. The summed E-state index contributed by atoms with van der Waals surface area (Å²) in [4.78, 5) is 14.3. The number of nitrogens with zero attached hydrogens (tertiary/aromatic N) is 1. The van der Waals surface area contributed by atoms with Gasteiger partial charge in [0, 0.05) is 19.0 Å². The van der Waals surface area contributed by atoms with Crippen LogP contribution in [0.2, 0.25) is 0 Å². The Hall–Kier alpha value is -1.78. The Morgan fingerprint density at radius 1 is 1.20 bits per heavy atom. The summed E-state index contributed by atoms with van der Waals surface area (Å²) in [5, 5.41) is 0. The number of ether oxygens (including phenoxy) is 2. The van der Waals surface area contributed by atoms with Crippen molar-refractivity contribution in [3.63, 3.8) is 0 Å². The first-order chi connectivity index (χ1) is 14.1. The maximum absolute atomic E-state index is 14.9. The number of fused-ring (bicyclic) bond motifs is 5. The molecule has 0 aromatic heterocycles. The van der Waals surface area contributed by atoms with Gasteiger partial charge >= 0.3 is 0 Å². The fourth-order valence-corrected chi connectivity index (χ4v) is 5.59. The molecule has 0 radical (unpaired) electrons. The molecule has 1 aromatic carbocycles. The standard InChI is InChI=1S/C20H26F2N2O5S/c1-30(26,27)23-15-8-9-24-16(15)11-29-18-7-6-13(10-20(18,21)22)14-4-2-3-5-17(14)28-12-19(24)25/h2-5,13,15-16,18,23H,6-12H2,1H3/t13?,15-,16-,18-/m0/s1. The van der Waals surface area contributed by atoms with Gasteiger partial charge in [0.2, 0.25) is 10.0 Å². The van der Waals surface area contributed by atoms with E-state index < -0.39 is 34.1 Å². The molecule has 1 saturated carbocycles. The Bertz CT molecular complexity index is 910. The molecule has 7 nitrogen and oxygen atoms in total. The molecule has 4 atom stereocenters. The quantitative estimate of drug-likeness (QED) is 0.753. The van der Waals surface area contributed by atoms with Crippen LogP contribution < -0.4 is 9.46 Å². The average molecular weight is 445 g/mol. The molecule has 166 valence electrons. The highest BCUT2D eigenvalue weighted by Crippen LogP contribution is 2.45. The first-order valence-electron chi connectivity index (χ1n) is 10.1. The molecule has 1 N–H and O–H groups in total. The zero-order valence-corrected chi connectivity index (χ0v) is 17.5. The molecule has 5 rings (SSSR count). The number of hydrogen-bond acceptors (Lipinski definition) is 5. The summed E-state index contributed by atoms with van der Waals surface area (Å²) >= 11 is 0. The third-order valence-electron chi connectivity index (χ3n) is 6.18. The monoisotopic (exact) mass is 444 g/mol. The van der Waals surface area contributed by atoms with Gasteiger partial charge < -0.3 is 14.4 Å². The summed E-state index contributed by atoms with van der Waals surface area (Å²) in [6, 6.07) is 5.73. The van der Waals surface area contributed by atoms with Crippen molar-refractivity contribution in [1.29, 1.82) is 0 Å². The summed E-state index contributed by atoms with van der Waals surface area (Å²) in [5.41, 5.74) is 0.678. The van der Waals surface area contributed by atoms with Crippen molar-refractivity contribution in [3.05, 3.63) is 29.8 Å². The summed E-state index contributed by atoms with van der Waals surface area (Å²) in [6.07, 6.45) is 0.495. The largest absolute Gasteiger partial charge is 0.483 e. The Balaban J connectivity index is 1.66. The van der Waals surface area contributed by atoms with Crippen molar-refractivity contribution in [1.82, 2.24) is 9.62 Å². The molecule has 3 aliphatic heterocycles. The van der Waals surface area contributed by atoms with Gasteiger partial charge in [-0.25, -0.2) is 21.9 Å². The third kappa shape index (κ3) is 4.45. The molecule has 1 aromatic rings. The number of benzene rings is 1. The van der Waals surface area contributed by atoms with Crippen LogP contribution in [-0.4, -0.2) is 69.3 Å². The van der Waals surface area contributed by atoms with E-state index in [0.717, 1.165) is 6.26 Å². The van der Waals surface area contributed by atoms with Crippen molar-refractivity contribution >= 4 is 15.9 Å². The number of nitrogens with one attached hydrogen (secondary N) is 1. The van der Waals surface area contributed by atoms with Gasteiger partial charge in [-0.3, -0.25) is 4.79 Å². The Labute approximate surface area is 174 Å². The second-order valence-electron chi connectivity index (χ2n) is 8.33. The van der Waals surface area contributed by atoms with Crippen molar-refractivity contribution in [2.75, 3.05) is 26.0 Å². The molecule has 1 aliphatic carbocycles. The van der Waals surface area contributed by atoms with Crippen LogP contribution in [0.3, 0.4) is 0 Å². The Morgan fingerprint density at radius 3 is 2.70 bits per heavy atom. The summed E-state index contributed by atoms with van der Waals surface area (Å²) < 4.78 is 67.2. The van der Waals surface area contributed by atoms with E-state index in [4.69, 9.17) is 9.47 Å². The number of carbonyl (C=O) groups excluding carboxylic acids is 1. The maximum atomic E-state index is 14.9. The van der Waals surface area contributed by atoms with E-state index in [0.29, 0.717) is 30.7 Å². The SMILES string of the molecule is CS(=O)(=O)N[C@H]1CCN2C(=O)COc3ccccc3C3CC[C@H](OC[C@@H]12)C(F)(F)C3. The number of alkyl halides is 2. The van der Waals surface area contributed by atoms with Crippen LogP contribution in [0, 0.1) is 0 Å². The van der Waals surface area contributed by atoms with Crippen molar-refractivity contribution in [3.8, 4) is 5.75 Å². The third-order valence-corrected chi connectivity index (χ3v) is 6.91. The van der Waals surface area contributed by atoms with Gasteiger partial charge in [-0.1, -0.05) is 18.2 Å². The van der Waals surface area contributed by atoms with Gasteiger partial charge in [0.25, 0.3) is 11.8 Å². The lowest BCUT2D eigenvalue weighted by Crippen LogP contribution is -2.51. The van der Waals surface area contributed by atoms with Crippen molar-refractivity contribution < 1.29 is 31.5 Å². The number of para-hydroxylation sites is 1. The van der Waals surface area contributed by atoms with Gasteiger partial charge in [0.1, 0.15) is 11.9 Å². The molecule has 1 unspecified atom stereocenters. The Morgan fingerprint density at radius 2 is 1.97 bits per heavy atom. The normalized spacial score (nSPS) is 31.7. The molecule has 30 heavy (non-hydrogen) atoms. The minimum absolute atomic E-state index is 0.156. The molecular formula is C20H26F2N2O5S. The van der Waals surface area contributed by atoms with E-state index >= 15 is 0 Å². The molecule has 0 spiro atoms. The van der Waals surface area contributed by atoms with Crippen LogP contribution in [0.5, 0.6) is 5.75 Å². The van der Waals surface area contributed by atoms with Gasteiger partial charge in [-0.05, 0) is 36.8 Å². The average Bonchev–Trinajstić information content (AvgIpc) is 3.05. The number of sulfonamides is 1. The van der Waals surface area contributed by atoms with E-state index in [1.807, 2.05) is 0 Å². The number of hydrogen-bond donors (Lipinski definition) is 1. The van der Waals surface area contributed by atoms with Crippen LogP contribution >= 0.6 is 0 Å². The van der Waals surface area contributed by atoms with Crippen LogP contribution in [0.15, 0.2) is 24.3 Å². The Kier molecular flexibility index (Phi) is 5.75. The van der Waals surface area contributed by atoms with Gasteiger partial charge in [0.05, 0.1) is 18.9 Å².